The first-order chi connectivity index (χ1) is 16.8. The van der Waals surface area contributed by atoms with Crippen molar-refractivity contribution in [2.24, 2.45) is 0 Å². The molecule has 0 radical (unpaired) electrons. The molecule has 0 atom stereocenters. The molecule has 0 bridgehead atoms. The lowest BCUT2D eigenvalue weighted by molar-refractivity contribution is 0.402. The quantitative estimate of drug-likeness (QED) is 0.159. The minimum atomic E-state index is 0.339. The summed E-state index contributed by atoms with van der Waals surface area (Å²) < 4.78 is 0. The van der Waals surface area contributed by atoms with Crippen LogP contribution in [-0.4, -0.2) is 0 Å². The monoisotopic (exact) mass is 524 g/mol. The maximum atomic E-state index is 2.44. The van der Waals surface area contributed by atoms with Crippen molar-refractivity contribution in [1.29, 1.82) is 0 Å². The second-order valence-corrected chi connectivity index (χ2v) is 13.4. The molecule has 4 aromatic rings. The van der Waals surface area contributed by atoms with Crippen LogP contribution < -0.4 is 0 Å². The minimum absolute atomic E-state index is 0.339. The van der Waals surface area contributed by atoms with E-state index in [9.17, 15) is 0 Å². The third-order valence-electron chi connectivity index (χ3n) is 7.56. The summed E-state index contributed by atoms with van der Waals surface area (Å²) in [5.41, 5.74) is 6.72. The number of hydrogen-bond acceptors (Lipinski definition) is 4. The average molecular weight is 525 g/mol. The van der Waals surface area contributed by atoms with Crippen molar-refractivity contribution in [3.8, 4) is 19.5 Å². The van der Waals surface area contributed by atoms with Gasteiger partial charge in [-0.05, 0) is 80.9 Å². The number of unbranched alkanes of at least 4 members (excludes halogenated alkanes) is 6. The smallest absolute Gasteiger partial charge is 0.0486 e. The van der Waals surface area contributed by atoms with Gasteiger partial charge in [-0.25, -0.2) is 0 Å². The van der Waals surface area contributed by atoms with Crippen molar-refractivity contribution < 1.29 is 0 Å². The zero-order chi connectivity index (χ0) is 23.4. The lowest BCUT2D eigenvalue weighted by atomic mass is 9.71. The van der Waals surface area contributed by atoms with E-state index in [0.29, 0.717) is 5.41 Å². The van der Waals surface area contributed by atoms with Crippen LogP contribution in [-0.2, 0) is 11.8 Å². The van der Waals surface area contributed by atoms with Crippen LogP contribution in [0.15, 0.2) is 45.8 Å². The van der Waals surface area contributed by atoms with Crippen molar-refractivity contribution in [1.82, 2.24) is 0 Å². The van der Waals surface area contributed by atoms with E-state index in [1.54, 1.807) is 20.9 Å². The summed E-state index contributed by atoms with van der Waals surface area (Å²) in [6, 6.07) is 9.36. The maximum Gasteiger partial charge on any atom is 0.0486 e. The largest absolute Gasteiger partial charge is 0.143 e. The second kappa shape index (κ2) is 11.2. The predicted octanol–water partition coefficient (Wildman–Crippen LogP) is 11.4. The molecular formula is C30H36S4. The van der Waals surface area contributed by atoms with Gasteiger partial charge in [0.25, 0.3) is 0 Å². The van der Waals surface area contributed by atoms with Crippen molar-refractivity contribution in [2.75, 3.05) is 0 Å². The van der Waals surface area contributed by atoms with Crippen molar-refractivity contribution in [3.63, 3.8) is 0 Å². The van der Waals surface area contributed by atoms with E-state index >= 15 is 0 Å². The Hall–Kier alpha value is -1.20. The molecule has 0 N–H and O–H groups in total. The highest BCUT2D eigenvalue weighted by molar-refractivity contribution is 7.21. The molecule has 4 aromatic heterocycles. The molecule has 2 aliphatic rings. The molecule has 0 saturated heterocycles. The van der Waals surface area contributed by atoms with Gasteiger partial charge in [0, 0.05) is 31.3 Å². The Balaban J connectivity index is 0.000000180. The molecule has 4 heterocycles. The van der Waals surface area contributed by atoms with Crippen LogP contribution in [0.3, 0.4) is 0 Å². The minimum Gasteiger partial charge on any atom is -0.143 e. The van der Waals surface area contributed by atoms with Crippen LogP contribution >= 0.6 is 45.3 Å². The summed E-state index contributed by atoms with van der Waals surface area (Å²) in [4.78, 5) is 6.19. The molecule has 0 nitrogen and oxygen atoms in total. The molecule has 0 spiro atoms. The van der Waals surface area contributed by atoms with E-state index < -0.39 is 0 Å². The second-order valence-electron chi connectivity index (χ2n) is 9.76. The molecule has 6 rings (SSSR count). The topological polar surface area (TPSA) is 0 Å². The van der Waals surface area contributed by atoms with Crippen molar-refractivity contribution in [3.05, 3.63) is 68.0 Å². The molecule has 0 aromatic carbocycles. The van der Waals surface area contributed by atoms with Crippen LogP contribution in [0, 0.1) is 0 Å². The predicted molar refractivity (Wildman–Crippen MR) is 156 cm³/mol. The van der Waals surface area contributed by atoms with Crippen molar-refractivity contribution in [2.45, 2.75) is 89.9 Å². The Morgan fingerprint density at radius 1 is 0.559 bits per heavy atom. The van der Waals surface area contributed by atoms with Gasteiger partial charge in [-0.3, -0.25) is 0 Å². The van der Waals surface area contributed by atoms with Crippen LogP contribution in [0.25, 0.3) is 19.5 Å². The molecule has 0 saturated carbocycles. The zero-order valence-corrected chi connectivity index (χ0v) is 23.8. The van der Waals surface area contributed by atoms with E-state index in [-0.39, 0.29) is 0 Å². The first-order valence-electron chi connectivity index (χ1n) is 13.1. The SMILES string of the molecule is CCCCCCC1(CCCCCC)c2ccsc2-c2sccc21.c1cc2c(s1)-c1sccc1C2. The van der Waals surface area contributed by atoms with Gasteiger partial charge in [0.15, 0.2) is 0 Å². The molecule has 0 fully saturated rings. The van der Waals surface area contributed by atoms with E-state index in [4.69, 9.17) is 0 Å². The summed E-state index contributed by atoms with van der Waals surface area (Å²) in [6.07, 6.45) is 14.9. The lowest BCUT2D eigenvalue weighted by Gasteiger charge is -2.31. The number of thiophene rings is 4. The Bertz CT molecular complexity index is 1090. The summed E-state index contributed by atoms with van der Waals surface area (Å²) in [5, 5.41) is 9.01. The van der Waals surface area contributed by atoms with E-state index in [0.717, 1.165) is 6.42 Å². The van der Waals surface area contributed by atoms with Crippen LogP contribution in [0.1, 0.15) is 100 Å². The van der Waals surface area contributed by atoms with Gasteiger partial charge >= 0.3 is 0 Å². The lowest BCUT2D eigenvalue weighted by Crippen LogP contribution is -2.24. The third-order valence-corrected chi connectivity index (χ3v) is 11.6. The van der Waals surface area contributed by atoms with Gasteiger partial charge in [-0.1, -0.05) is 65.2 Å². The van der Waals surface area contributed by atoms with Gasteiger partial charge in [-0.2, -0.15) is 0 Å². The third kappa shape index (κ3) is 4.64. The molecule has 0 unspecified atom stereocenters. The fourth-order valence-electron chi connectivity index (χ4n) is 5.79. The normalized spacial score (nSPS) is 14.3. The standard InChI is InChI=1S/C21H30S2.C9H6S2/c1-3-5-7-9-13-21(14-10-8-6-4-2)17-11-15-22-19(17)20-18(21)12-16-23-20;1-3-10-8-6(1)5-7-2-4-11-9(7)8/h11-12,15-16H,3-10,13-14H2,1-2H3;1-4H,5H2. The number of rotatable bonds is 10. The fourth-order valence-corrected chi connectivity index (χ4v) is 10.1. The highest BCUT2D eigenvalue weighted by Gasteiger charge is 2.43. The fraction of sp³-hybridized carbons (Fsp3) is 0.467. The van der Waals surface area contributed by atoms with Crippen LogP contribution in [0.4, 0.5) is 0 Å². The van der Waals surface area contributed by atoms with Gasteiger partial charge in [-0.15, -0.1) is 45.3 Å². The highest BCUT2D eigenvalue weighted by atomic mass is 32.1. The summed E-state index contributed by atoms with van der Waals surface area (Å²) >= 11 is 7.66. The summed E-state index contributed by atoms with van der Waals surface area (Å²) in [6.45, 7) is 4.62. The zero-order valence-electron chi connectivity index (χ0n) is 20.5. The summed E-state index contributed by atoms with van der Waals surface area (Å²) in [5.74, 6) is 0. The molecule has 0 aliphatic heterocycles. The molecule has 2 aliphatic carbocycles. The Labute approximate surface area is 221 Å². The molecule has 4 heteroatoms. The van der Waals surface area contributed by atoms with Crippen molar-refractivity contribution >= 4 is 45.3 Å². The molecule has 34 heavy (non-hydrogen) atoms. The van der Waals surface area contributed by atoms with Gasteiger partial charge < -0.3 is 0 Å². The number of hydrogen-bond donors (Lipinski definition) is 0. The molecule has 180 valence electrons. The Kier molecular flexibility index (Phi) is 8.10. The first kappa shape index (κ1) is 24.5. The van der Waals surface area contributed by atoms with E-state index in [1.807, 2.05) is 45.3 Å². The number of fused-ring (bicyclic) bond motifs is 6. The van der Waals surface area contributed by atoms with Gasteiger partial charge in [0.2, 0.25) is 0 Å². The van der Waals surface area contributed by atoms with Crippen LogP contribution in [0.5, 0.6) is 0 Å². The maximum absolute atomic E-state index is 2.44. The molecular weight excluding hydrogens is 489 g/mol. The van der Waals surface area contributed by atoms with Gasteiger partial charge in [0.1, 0.15) is 0 Å². The average Bonchev–Trinajstić information content (AvgIpc) is 3.64. The van der Waals surface area contributed by atoms with Crippen LogP contribution in [0.2, 0.25) is 0 Å². The van der Waals surface area contributed by atoms with E-state index in [2.05, 4.69) is 59.6 Å². The first-order valence-corrected chi connectivity index (χ1v) is 16.6. The Morgan fingerprint density at radius 3 is 1.47 bits per heavy atom. The highest BCUT2D eigenvalue weighted by Crippen LogP contribution is 2.57. The summed E-state index contributed by atoms with van der Waals surface area (Å²) in [7, 11) is 0. The molecule has 0 amide bonds. The van der Waals surface area contributed by atoms with Gasteiger partial charge in [0.05, 0.1) is 0 Å². The Morgan fingerprint density at radius 2 is 1.00 bits per heavy atom. The van der Waals surface area contributed by atoms with E-state index in [1.165, 1.54) is 85.1 Å².